The number of hydrogen-bond donors (Lipinski definition) is 1. The third-order valence-electron chi connectivity index (χ3n) is 4.07. The van der Waals surface area contributed by atoms with Crippen LogP contribution in [0.15, 0.2) is 84.3 Å². The molecular weight excluding hydrogens is 346 g/mol. The second-order valence-corrected chi connectivity index (χ2v) is 8.19. The maximum atomic E-state index is 13.1. The van der Waals surface area contributed by atoms with Gasteiger partial charge in [0.15, 0.2) is 9.84 Å². The van der Waals surface area contributed by atoms with Crippen molar-refractivity contribution in [2.75, 3.05) is 5.32 Å². The second kappa shape index (κ2) is 8.63. The van der Waals surface area contributed by atoms with E-state index in [1.54, 1.807) is 54.6 Å². The number of nitrogens with one attached hydrogen (secondary N) is 1. The largest absolute Gasteiger partial charge is 0.322 e. The van der Waals surface area contributed by atoms with Gasteiger partial charge in [-0.25, -0.2) is 8.42 Å². The first-order valence-corrected chi connectivity index (χ1v) is 9.87. The molecule has 0 aliphatic rings. The third kappa shape index (κ3) is 4.70. The second-order valence-electron chi connectivity index (χ2n) is 6.06. The van der Waals surface area contributed by atoms with Crippen molar-refractivity contribution in [3.05, 3.63) is 85.0 Å². The van der Waals surface area contributed by atoms with Gasteiger partial charge in [0.2, 0.25) is 0 Å². The Morgan fingerprint density at radius 3 is 2.31 bits per heavy atom. The maximum Gasteiger partial charge on any atom is 0.252 e. The Balaban J connectivity index is 2.30. The van der Waals surface area contributed by atoms with E-state index in [4.69, 9.17) is 0 Å². The van der Waals surface area contributed by atoms with Crippen LogP contribution in [0.5, 0.6) is 0 Å². The molecule has 0 saturated heterocycles. The van der Waals surface area contributed by atoms with Crippen molar-refractivity contribution >= 4 is 21.4 Å². The van der Waals surface area contributed by atoms with Crippen LogP contribution in [0.2, 0.25) is 0 Å². The lowest BCUT2D eigenvalue weighted by Gasteiger charge is -2.19. The number of aryl methyl sites for hydroxylation is 1. The van der Waals surface area contributed by atoms with E-state index in [1.807, 2.05) is 13.0 Å². The summed E-state index contributed by atoms with van der Waals surface area (Å²) in [6, 6.07) is 15.5. The first-order valence-electron chi connectivity index (χ1n) is 8.33. The van der Waals surface area contributed by atoms with Crippen molar-refractivity contribution in [2.45, 2.75) is 29.9 Å². The van der Waals surface area contributed by atoms with E-state index < -0.39 is 21.0 Å². The zero-order chi connectivity index (χ0) is 19.2. The standard InChI is InChI=1S/C21H23NO3S/c1-4-5-11-20(26(24,25)19-14-12-16(2)13-15-19)17(3)21(23)22-18-9-7-6-8-10-18/h4,6-10,12-15,20H,1,3,5,11H2,2H3,(H,22,23). The van der Waals surface area contributed by atoms with Crippen molar-refractivity contribution in [1.82, 2.24) is 0 Å². The van der Waals surface area contributed by atoms with Gasteiger partial charge in [0.25, 0.3) is 5.91 Å². The summed E-state index contributed by atoms with van der Waals surface area (Å²) in [6.45, 7) is 9.32. The summed E-state index contributed by atoms with van der Waals surface area (Å²) in [5.74, 6) is -0.499. The van der Waals surface area contributed by atoms with Crippen LogP contribution in [0, 0.1) is 6.92 Å². The molecule has 0 aliphatic carbocycles. The molecule has 2 aromatic rings. The van der Waals surface area contributed by atoms with Gasteiger partial charge < -0.3 is 5.32 Å². The van der Waals surface area contributed by atoms with Gasteiger partial charge in [-0.2, -0.15) is 0 Å². The molecule has 2 rings (SSSR count). The fourth-order valence-corrected chi connectivity index (χ4v) is 4.33. The summed E-state index contributed by atoms with van der Waals surface area (Å²) in [6.07, 6.45) is 2.36. The Kier molecular flexibility index (Phi) is 6.52. The van der Waals surface area contributed by atoms with Crippen LogP contribution in [0.1, 0.15) is 18.4 Å². The van der Waals surface area contributed by atoms with Crippen molar-refractivity contribution in [1.29, 1.82) is 0 Å². The summed E-state index contributed by atoms with van der Waals surface area (Å²) in [5, 5.41) is 1.70. The smallest absolute Gasteiger partial charge is 0.252 e. The minimum absolute atomic E-state index is 0.0243. The molecule has 4 nitrogen and oxygen atoms in total. The molecule has 0 spiro atoms. The lowest BCUT2D eigenvalue weighted by molar-refractivity contribution is -0.112. The number of allylic oxidation sites excluding steroid dienone is 1. The predicted octanol–water partition coefficient (Wildman–Crippen LogP) is 4.30. The molecule has 0 radical (unpaired) electrons. The molecule has 1 unspecified atom stereocenters. The highest BCUT2D eigenvalue weighted by molar-refractivity contribution is 7.92. The van der Waals surface area contributed by atoms with E-state index in [1.165, 1.54) is 0 Å². The maximum absolute atomic E-state index is 13.1. The van der Waals surface area contributed by atoms with E-state index in [0.29, 0.717) is 12.1 Å². The molecule has 1 N–H and O–H groups in total. The number of para-hydroxylation sites is 1. The minimum Gasteiger partial charge on any atom is -0.322 e. The summed E-state index contributed by atoms with van der Waals surface area (Å²) in [5.41, 5.74) is 1.58. The minimum atomic E-state index is -3.73. The summed E-state index contributed by atoms with van der Waals surface area (Å²) >= 11 is 0. The average Bonchev–Trinajstić information content (AvgIpc) is 2.63. The van der Waals surface area contributed by atoms with Crippen molar-refractivity contribution < 1.29 is 13.2 Å². The molecular formula is C21H23NO3S. The van der Waals surface area contributed by atoms with Crippen molar-refractivity contribution in [2.24, 2.45) is 0 Å². The molecule has 0 aliphatic heterocycles. The summed E-state index contributed by atoms with van der Waals surface area (Å²) in [7, 11) is -3.73. The van der Waals surface area contributed by atoms with E-state index >= 15 is 0 Å². The van der Waals surface area contributed by atoms with Gasteiger partial charge in [0, 0.05) is 11.3 Å². The molecule has 5 heteroatoms. The van der Waals surface area contributed by atoms with E-state index in [0.717, 1.165) is 5.56 Å². The SMILES string of the molecule is C=CCCC(C(=C)C(=O)Nc1ccccc1)S(=O)(=O)c1ccc(C)cc1. The fraction of sp³-hybridized carbons (Fsp3) is 0.190. The molecule has 1 atom stereocenters. The zero-order valence-electron chi connectivity index (χ0n) is 14.8. The number of carbonyl (C=O) groups is 1. The van der Waals surface area contributed by atoms with Gasteiger partial charge in [-0.1, -0.05) is 48.6 Å². The van der Waals surface area contributed by atoms with E-state index in [-0.39, 0.29) is 16.9 Å². The molecule has 0 fully saturated rings. The van der Waals surface area contributed by atoms with Crippen molar-refractivity contribution in [3.63, 3.8) is 0 Å². The third-order valence-corrected chi connectivity index (χ3v) is 6.27. The van der Waals surface area contributed by atoms with Crippen LogP contribution < -0.4 is 5.32 Å². The van der Waals surface area contributed by atoms with E-state index in [2.05, 4.69) is 18.5 Å². The van der Waals surface area contributed by atoms with Gasteiger partial charge in [0.05, 0.1) is 10.1 Å². The number of sulfone groups is 1. The molecule has 0 aromatic heterocycles. The molecule has 0 saturated carbocycles. The predicted molar refractivity (Wildman–Crippen MR) is 106 cm³/mol. The van der Waals surface area contributed by atoms with Crippen LogP contribution in [-0.4, -0.2) is 19.6 Å². The topological polar surface area (TPSA) is 63.2 Å². The van der Waals surface area contributed by atoms with Gasteiger partial charge in [-0.05, 0) is 44.0 Å². The van der Waals surface area contributed by atoms with E-state index in [9.17, 15) is 13.2 Å². The molecule has 0 heterocycles. The number of benzene rings is 2. The van der Waals surface area contributed by atoms with Gasteiger partial charge in [0.1, 0.15) is 0 Å². The monoisotopic (exact) mass is 369 g/mol. The van der Waals surface area contributed by atoms with Crippen LogP contribution in [0.4, 0.5) is 5.69 Å². The molecule has 2 aromatic carbocycles. The number of hydrogen-bond acceptors (Lipinski definition) is 3. The highest BCUT2D eigenvalue weighted by atomic mass is 32.2. The quantitative estimate of drug-likeness (QED) is 0.557. The van der Waals surface area contributed by atoms with Crippen molar-refractivity contribution in [3.8, 4) is 0 Å². The Labute approximate surface area is 155 Å². The van der Waals surface area contributed by atoms with Crippen LogP contribution in [0.3, 0.4) is 0 Å². The first kappa shape index (κ1) is 19.7. The van der Waals surface area contributed by atoms with Crippen LogP contribution >= 0.6 is 0 Å². The Morgan fingerprint density at radius 2 is 1.73 bits per heavy atom. The molecule has 1 amide bonds. The fourth-order valence-electron chi connectivity index (χ4n) is 2.56. The Morgan fingerprint density at radius 1 is 1.12 bits per heavy atom. The number of anilines is 1. The van der Waals surface area contributed by atoms with Gasteiger partial charge >= 0.3 is 0 Å². The first-order chi connectivity index (χ1) is 12.4. The Bertz CT molecular complexity index is 885. The Hall–Kier alpha value is -2.66. The highest BCUT2D eigenvalue weighted by Crippen LogP contribution is 2.26. The number of amides is 1. The highest BCUT2D eigenvalue weighted by Gasteiger charge is 2.32. The zero-order valence-corrected chi connectivity index (χ0v) is 15.6. The van der Waals surface area contributed by atoms with Gasteiger partial charge in [-0.15, -0.1) is 6.58 Å². The lowest BCUT2D eigenvalue weighted by atomic mass is 10.1. The molecule has 136 valence electrons. The van der Waals surface area contributed by atoms with Crippen LogP contribution in [0.25, 0.3) is 0 Å². The summed E-state index contributed by atoms with van der Waals surface area (Å²) in [4.78, 5) is 12.7. The summed E-state index contributed by atoms with van der Waals surface area (Å²) < 4.78 is 26.1. The normalized spacial score (nSPS) is 12.2. The van der Waals surface area contributed by atoms with Gasteiger partial charge in [-0.3, -0.25) is 4.79 Å². The molecule has 26 heavy (non-hydrogen) atoms. The number of rotatable bonds is 8. The lowest BCUT2D eigenvalue weighted by Crippen LogP contribution is -2.30. The number of carbonyl (C=O) groups excluding carboxylic acids is 1. The molecule has 0 bridgehead atoms. The van der Waals surface area contributed by atoms with Crippen LogP contribution in [-0.2, 0) is 14.6 Å². The average molecular weight is 369 g/mol.